The molecule has 0 bridgehead atoms. The molecule has 136 valence electrons. The highest BCUT2D eigenvalue weighted by atomic mass is 35.5. The molecule has 2 heterocycles. The third-order valence-electron chi connectivity index (χ3n) is 4.04. The zero-order chi connectivity index (χ0) is 17.5. The molecular weight excluding hydrogens is 360 g/mol. The fourth-order valence-corrected chi connectivity index (χ4v) is 3.67. The molecule has 0 atom stereocenters. The van der Waals surface area contributed by atoms with E-state index in [-0.39, 0.29) is 0 Å². The van der Waals surface area contributed by atoms with Crippen molar-refractivity contribution >= 4 is 22.9 Å². The van der Waals surface area contributed by atoms with Gasteiger partial charge in [-0.2, -0.15) is 0 Å². The Kier molecular flexibility index (Phi) is 6.86. The van der Waals surface area contributed by atoms with Crippen LogP contribution in [0.2, 0.25) is 5.02 Å². The molecule has 0 unspecified atom stereocenters. The van der Waals surface area contributed by atoms with E-state index in [4.69, 9.17) is 21.1 Å². The van der Waals surface area contributed by atoms with Crippen molar-refractivity contribution < 1.29 is 9.47 Å². The van der Waals surface area contributed by atoms with Gasteiger partial charge in [-0.05, 0) is 19.1 Å². The first-order chi connectivity index (χ1) is 12.2. The summed E-state index contributed by atoms with van der Waals surface area (Å²) in [7, 11) is 0. The van der Waals surface area contributed by atoms with Gasteiger partial charge in [0.15, 0.2) is 0 Å². The van der Waals surface area contributed by atoms with Crippen molar-refractivity contribution in [2.75, 3.05) is 45.9 Å². The Morgan fingerprint density at radius 3 is 2.60 bits per heavy atom. The lowest BCUT2D eigenvalue weighted by molar-refractivity contribution is 0.112. The molecule has 0 amide bonds. The minimum Gasteiger partial charge on any atom is -0.491 e. The maximum absolute atomic E-state index is 6.10. The largest absolute Gasteiger partial charge is 0.491 e. The van der Waals surface area contributed by atoms with Crippen molar-refractivity contribution in [3.63, 3.8) is 0 Å². The summed E-state index contributed by atoms with van der Waals surface area (Å²) in [6.07, 6.45) is 0. The summed E-state index contributed by atoms with van der Waals surface area (Å²) in [5.74, 6) is 0.754. The van der Waals surface area contributed by atoms with Crippen LogP contribution in [0.25, 0.3) is 0 Å². The molecule has 6 nitrogen and oxygen atoms in total. The van der Waals surface area contributed by atoms with E-state index in [1.54, 1.807) is 0 Å². The third kappa shape index (κ3) is 5.54. The van der Waals surface area contributed by atoms with Gasteiger partial charge in [-0.1, -0.05) is 35.1 Å². The molecule has 2 aromatic rings. The van der Waals surface area contributed by atoms with Crippen molar-refractivity contribution in [1.82, 2.24) is 20.0 Å². The quantitative estimate of drug-likeness (QED) is 0.699. The van der Waals surface area contributed by atoms with Gasteiger partial charge in [0.1, 0.15) is 17.4 Å². The van der Waals surface area contributed by atoms with Gasteiger partial charge in [0.25, 0.3) is 5.19 Å². The van der Waals surface area contributed by atoms with Crippen LogP contribution in [-0.4, -0.2) is 65.9 Å². The number of piperazine rings is 1. The molecule has 1 aliphatic heterocycles. The summed E-state index contributed by atoms with van der Waals surface area (Å²) in [6, 6.07) is 7.59. The summed E-state index contributed by atoms with van der Waals surface area (Å²) >= 11 is 7.63. The molecule has 3 rings (SSSR count). The molecule has 1 aromatic heterocycles. The number of aromatic nitrogens is 2. The lowest BCUT2D eigenvalue weighted by Gasteiger charge is -2.34. The van der Waals surface area contributed by atoms with Gasteiger partial charge in [-0.25, -0.2) is 0 Å². The molecule has 0 spiro atoms. The average molecular weight is 383 g/mol. The Labute approximate surface area is 157 Å². The van der Waals surface area contributed by atoms with E-state index in [2.05, 4.69) is 20.0 Å². The van der Waals surface area contributed by atoms with E-state index in [9.17, 15) is 0 Å². The molecule has 1 fully saturated rings. The molecule has 0 radical (unpaired) electrons. The maximum Gasteiger partial charge on any atom is 0.294 e. The standard InChI is InChI=1S/C17H23ClN4O2S/c1-2-23-17-20-19-16(25-17)13-22-9-7-21(8-10-22)11-12-24-15-6-4-3-5-14(15)18/h3-6H,2,7-13H2,1H3. The highest BCUT2D eigenvalue weighted by molar-refractivity contribution is 7.13. The molecule has 1 aliphatic rings. The lowest BCUT2D eigenvalue weighted by Crippen LogP contribution is -2.47. The van der Waals surface area contributed by atoms with Crippen LogP contribution < -0.4 is 9.47 Å². The van der Waals surface area contributed by atoms with Crippen molar-refractivity contribution in [1.29, 1.82) is 0 Å². The summed E-state index contributed by atoms with van der Waals surface area (Å²) in [6.45, 7) is 9.09. The van der Waals surface area contributed by atoms with Crippen LogP contribution in [0.1, 0.15) is 11.9 Å². The number of nitrogens with zero attached hydrogens (tertiary/aromatic N) is 4. The maximum atomic E-state index is 6.10. The number of benzene rings is 1. The predicted molar refractivity (Wildman–Crippen MR) is 99.7 cm³/mol. The normalized spacial score (nSPS) is 16.1. The highest BCUT2D eigenvalue weighted by Crippen LogP contribution is 2.23. The average Bonchev–Trinajstić information content (AvgIpc) is 3.06. The van der Waals surface area contributed by atoms with Gasteiger partial charge in [0.05, 0.1) is 18.2 Å². The van der Waals surface area contributed by atoms with Crippen LogP contribution in [0.5, 0.6) is 10.9 Å². The SMILES string of the molecule is CCOc1nnc(CN2CCN(CCOc3ccccc3Cl)CC2)s1. The van der Waals surface area contributed by atoms with Crippen LogP contribution in [0.3, 0.4) is 0 Å². The minimum absolute atomic E-state index is 0.629. The minimum atomic E-state index is 0.629. The Bertz CT molecular complexity index is 662. The first kappa shape index (κ1) is 18.4. The monoisotopic (exact) mass is 382 g/mol. The van der Waals surface area contributed by atoms with Crippen molar-refractivity contribution in [2.45, 2.75) is 13.5 Å². The summed E-state index contributed by atoms with van der Waals surface area (Å²) in [4.78, 5) is 4.82. The number of para-hydroxylation sites is 1. The zero-order valence-electron chi connectivity index (χ0n) is 14.4. The highest BCUT2D eigenvalue weighted by Gasteiger charge is 2.18. The number of halogens is 1. The molecule has 0 aliphatic carbocycles. The first-order valence-electron chi connectivity index (χ1n) is 8.52. The van der Waals surface area contributed by atoms with Gasteiger partial charge in [-0.3, -0.25) is 9.80 Å². The number of rotatable bonds is 8. The van der Waals surface area contributed by atoms with Crippen LogP contribution >= 0.6 is 22.9 Å². The van der Waals surface area contributed by atoms with E-state index >= 15 is 0 Å². The van der Waals surface area contributed by atoms with Crippen molar-refractivity contribution in [2.24, 2.45) is 0 Å². The topological polar surface area (TPSA) is 50.7 Å². The zero-order valence-corrected chi connectivity index (χ0v) is 15.9. The van der Waals surface area contributed by atoms with E-state index in [1.807, 2.05) is 31.2 Å². The van der Waals surface area contributed by atoms with Crippen LogP contribution in [0, 0.1) is 0 Å². The van der Waals surface area contributed by atoms with Crippen molar-refractivity contribution in [3.8, 4) is 10.9 Å². The van der Waals surface area contributed by atoms with Crippen LogP contribution in [0.4, 0.5) is 0 Å². The Balaban J connectivity index is 1.36. The Morgan fingerprint density at radius 1 is 1.08 bits per heavy atom. The van der Waals surface area contributed by atoms with Gasteiger partial charge in [0, 0.05) is 32.7 Å². The molecule has 0 saturated carbocycles. The van der Waals surface area contributed by atoms with Gasteiger partial charge in [-0.15, -0.1) is 10.2 Å². The first-order valence-corrected chi connectivity index (χ1v) is 9.71. The molecule has 1 saturated heterocycles. The van der Waals surface area contributed by atoms with Crippen LogP contribution in [-0.2, 0) is 6.54 Å². The van der Waals surface area contributed by atoms with E-state index in [1.165, 1.54) is 11.3 Å². The second-order valence-electron chi connectivity index (χ2n) is 5.79. The second kappa shape index (κ2) is 9.33. The van der Waals surface area contributed by atoms with E-state index in [0.29, 0.717) is 23.4 Å². The number of hydrogen-bond donors (Lipinski definition) is 0. The molecular formula is C17H23ClN4O2S. The number of hydrogen-bond acceptors (Lipinski definition) is 7. The summed E-state index contributed by atoms with van der Waals surface area (Å²) in [5.41, 5.74) is 0. The Hall–Kier alpha value is -1.41. The third-order valence-corrected chi connectivity index (χ3v) is 5.17. The van der Waals surface area contributed by atoms with Gasteiger partial charge in [0.2, 0.25) is 0 Å². The fourth-order valence-electron chi connectivity index (χ4n) is 2.69. The smallest absolute Gasteiger partial charge is 0.294 e. The van der Waals surface area contributed by atoms with Gasteiger partial charge < -0.3 is 9.47 Å². The van der Waals surface area contributed by atoms with E-state index in [0.717, 1.165) is 50.0 Å². The van der Waals surface area contributed by atoms with Crippen molar-refractivity contribution in [3.05, 3.63) is 34.3 Å². The molecule has 1 aromatic carbocycles. The summed E-state index contributed by atoms with van der Waals surface area (Å²) < 4.78 is 11.1. The molecule has 25 heavy (non-hydrogen) atoms. The Morgan fingerprint density at radius 2 is 1.84 bits per heavy atom. The van der Waals surface area contributed by atoms with Gasteiger partial charge >= 0.3 is 0 Å². The predicted octanol–water partition coefficient (Wildman–Crippen LogP) is 2.79. The molecule has 8 heteroatoms. The fraction of sp³-hybridized carbons (Fsp3) is 0.529. The summed E-state index contributed by atoms with van der Waals surface area (Å²) in [5, 5.41) is 10.6. The molecule has 0 N–H and O–H groups in total. The number of ether oxygens (including phenoxy) is 2. The van der Waals surface area contributed by atoms with Crippen LogP contribution in [0.15, 0.2) is 24.3 Å². The second-order valence-corrected chi connectivity index (χ2v) is 7.22. The lowest BCUT2D eigenvalue weighted by atomic mass is 10.3. The van der Waals surface area contributed by atoms with E-state index < -0.39 is 0 Å².